The summed E-state index contributed by atoms with van der Waals surface area (Å²) in [5, 5.41) is 11.4. The molecule has 0 fully saturated rings. The van der Waals surface area contributed by atoms with Gasteiger partial charge in [0.25, 0.3) is 0 Å². The molecule has 0 heterocycles. The largest absolute Gasteiger partial charge is 0.468 e. The predicted octanol–water partition coefficient (Wildman–Crippen LogP) is -0.870. The summed E-state index contributed by atoms with van der Waals surface area (Å²) in [4.78, 5) is 10.4. The molecule has 1 atom stereocenters. The van der Waals surface area contributed by atoms with E-state index in [9.17, 15) is 4.79 Å². The molecule has 0 rings (SSSR count). The Balaban J connectivity index is 3.12. The highest BCUT2D eigenvalue weighted by molar-refractivity contribution is 5.71. The molecule has 0 aromatic rings. The van der Waals surface area contributed by atoms with Crippen LogP contribution in [0.3, 0.4) is 0 Å². The number of aliphatic hydroxyl groups excluding tert-OH is 1. The second-order valence-electron chi connectivity index (χ2n) is 2.06. The van der Waals surface area contributed by atoms with Crippen LogP contribution >= 0.6 is 0 Å². The third-order valence-electron chi connectivity index (χ3n) is 0.937. The molecular weight excluding hydrogens is 134 g/mol. The highest BCUT2D eigenvalue weighted by Crippen LogP contribution is 1.75. The van der Waals surface area contributed by atoms with Crippen molar-refractivity contribution < 1.29 is 14.6 Å². The number of hydrogen-bond acceptors (Lipinski definition) is 4. The van der Waals surface area contributed by atoms with Crippen molar-refractivity contribution >= 4 is 5.97 Å². The molecule has 0 aromatic carbocycles. The summed E-state index contributed by atoms with van der Waals surface area (Å²) in [5.41, 5.74) is 0. The predicted molar refractivity (Wildman–Crippen MR) is 36.6 cm³/mol. The Morgan fingerprint density at radius 2 is 2.40 bits per heavy atom. The molecule has 0 saturated carbocycles. The van der Waals surface area contributed by atoms with E-state index in [0.717, 1.165) is 0 Å². The van der Waals surface area contributed by atoms with Crippen molar-refractivity contribution in [3.8, 4) is 0 Å². The SMILES string of the molecule is COC(=O)CNC[C@H](C)O. The van der Waals surface area contributed by atoms with Crippen molar-refractivity contribution in [2.24, 2.45) is 0 Å². The summed E-state index contributed by atoms with van der Waals surface area (Å²) in [6.07, 6.45) is -0.426. The number of ether oxygens (including phenoxy) is 1. The maximum atomic E-state index is 10.4. The van der Waals surface area contributed by atoms with Crippen molar-refractivity contribution in [3.05, 3.63) is 0 Å². The van der Waals surface area contributed by atoms with Gasteiger partial charge in [-0.25, -0.2) is 0 Å². The Morgan fingerprint density at radius 3 is 2.80 bits per heavy atom. The maximum absolute atomic E-state index is 10.4. The smallest absolute Gasteiger partial charge is 0.319 e. The molecule has 10 heavy (non-hydrogen) atoms. The first-order valence-electron chi connectivity index (χ1n) is 3.12. The Kier molecular flexibility index (Phi) is 4.88. The Labute approximate surface area is 60.2 Å². The molecule has 0 spiro atoms. The topological polar surface area (TPSA) is 58.6 Å². The highest BCUT2D eigenvalue weighted by atomic mass is 16.5. The summed E-state index contributed by atoms with van der Waals surface area (Å²) in [6, 6.07) is 0. The standard InChI is InChI=1S/C6H13NO3/c1-5(8)3-7-4-6(9)10-2/h5,7-8H,3-4H2,1-2H3/t5-/m0/s1. The number of nitrogens with one attached hydrogen (secondary N) is 1. The van der Waals surface area contributed by atoms with Gasteiger partial charge in [-0.05, 0) is 6.92 Å². The fourth-order valence-corrected chi connectivity index (χ4v) is 0.455. The van der Waals surface area contributed by atoms with Crippen LogP contribution in [0.5, 0.6) is 0 Å². The van der Waals surface area contributed by atoms with E-state index >= 15 is 0 Å². The minimum atomic E-state index is -0.426. The Morgan fingerprint density at radius 1 is 1.80 bits per heavy atom. The van der Waals surface area contributed by atoms with Crippen molar-refractivity contribution in [1.29, 1.82) is 0 Å². The second kappa shape index (κ2) is 5.20. The average molecular weight is 147 g/mol. The normalized spacial score (nSPS) is 12.7. The lowest BCUT2D eigenvalue weighted by molar-refractivity contribution is -0.139. The van der Waals surface area contributed by atoms with Crippen molar-refractivity contribution in [3.63, 3.8) is 0 Å². The summed E-state index contributed by atoms with van der Waals surface area (Å²) in [5.74, 6) is -0.319. The molecule has 4 nitrogen and oxygen atoms in total. The molecule has 0 aliphatic heterocycles. The maximum Gasteiger partial charge on any atom is 0.319 e. The zero-order valence-electron chi connectivity index (χ0n) is 6.26. The summed E-state index contributed by atoms with van der Waals surface area (Å²) in [6.45, 7) is 2.21. The van der Waals surface area contributed by atoms with Crippen molar-refractivity contribution in [2.75, 3.05) is 20.2 Å². The fraction of sp³-hybridized carbons (Fsp3) is 0.833. The van der Waals surface area contributed by atoms with E-state index in [1.807, 2.05) is 0 Å². The summed E-state index contributed by atoms with van der Waals surface area (Å²) in [7, 11) is 1.33. The van der Waals surface area contributed by atoms with Crippen LogP contribution in [0, 0.1) is 0 Å². The lowest BCUT2D eigenvalue weighted by Crippen LogP contribution is -2.30. The minimum absolute atomic E-state index is 0.154. The zero-order valence-corrected chi connectivity index (χ0v) is 6.26. The fourth-order valence-electron chi connectivity index (χ4n) is 0.455. The molecule has 2 N–H and O–H groups in total. The molecule has 0 amide bonds. The molecule has 0 radical (unpaired) electrons. The Bertz CT molecular complexity index is 103. The number of rotatable bonds is 4. The highest BCUT2D eigenvalue weighted by Gasteiger charge is 1.99. The van der Waals surface area contributed by atoms with Crippen LogP contribution in [0.15, 0.2) is 0 Å². The number of carbonyl (C=O) groups excluding carboxylic acids is 1. The van der Waals surface area contributed by atoms with Crippen LogP contribution in [0.25, 0.3) is 0 Å². The van der Waals surface area contributed by atoms with Gasteiger partial charge in [-0.3, -0.25) is 4.79 Å². The first kappa shape index (κ1) is 9.39. The van der Waals surface area contributed by atoms with E-state index in [1.165, 1.54) is 7.11 Å². The van der Waals surface area contributed by atoms with Gasteiger partial charge in [-0.15, -0.1) is 0 Å². The Hall–Kier alpha value is -0.610. The first-order valence-corrected chi connectivity index (χ1v) is 3.12. The number of carbonyl (C=O) groups is 1. The molecule has 0 aliphatic rings. The lowest BCUT2D eigenvalue weighted by atomic mass is 10.4. The van der Waals surface area contributed by atoms with Gasteiger partial charge >= 0.3 is 5.97 Å². The van der Waals surface area contributed by atoms with Gasteiger partial charge in [0.05, 0.1) is 19.8 Å². The number of aliphatic hydroxyl groups is 1. The van der Waals surface area contributed by atoms with E-state index in [1.54, 1.807) is 6.92 Å². The average Bonchev–Trinajstić information content (AvgIpc) is 1.87. The van der Waals surface area contributed by atoms with Gasteiger partial charge in [-0.1, -0.05) is 0 Å². The minimum Gasteiger partial charge on any atom is -0.468 e. The summed E-state index contributed by atoms with van der Waals surface area (Å²) < 4.78 is 4.35. The second-order valence-corrected chi connectivity index (χ2v) is 2.06. The third-order valence-corrected chi connectivity index (χ3v) is 0.937. The molecular formula is C6H13NO3. The van der Waals surface area contributed by atoms with Gasteiger partial charge in [0.2, 0.25) is 0 Å². The van der Waals surface area contributed by atoms with E-state index in [-0.39, 0.29) is 12.5 Å². The number of hydrogen-bond donors (Lipinski definition) is 2. The monoisotopic (exact) mass is 147 g/mol. The molecule has 60 valence electrons. The van der Waals surface area contributed by atoms with E-state index in [4.69, 9.17) is 5.11 Å². The van der Waals surface area contributed by atoms with Gasteiger partial charge in [-0.2, -0.15) is 0 Å². The van der Waals surface area contributed by atoms with Crippen LogP contribution in [0.4, 0.5) is 0 Å². The molecule has 0 unspecified atom stereocenters. The van der Waals surface area contributed by atoms with Gasteiger partial charge in [0.1, 0.15) is 0 Å². The van der Waals surface area contributed by atoms with Gasteiger partial charge < -0.3 is 15.2 Å². The van der Waals surface area contributed by atoms with E-state index < -0.39 is 6.10 Å². The lowest BCUT2D eigenvalue weighted by Gasteiger charge is -2.04. The van der Waals surface area contributed by atoms with Crippen molar-refractivity contribution in [2.45, 2.75) is 13.0 Å². The van der Waals surface area contributed by atoms with Crippen LogP contribution in [-0.4, -0.2) is 37.4 Å². The quantitative estimate of drug-likeness (QED) is 0.507. The van der Waals surface area contributed by atoms with Gasteiger partial charge in [0, 0.05) is 6.54 Å². The van der Waals surface area contributed by atoms with Crippen molar-refractivity contribution in [1.82, 2.24) is 5.32 Å². The molecule has 0 aromatic heterocycles. The van der Waals surface area contributed by atoms with Crippen LogP contribution in [-0.2, 0) is 9.53 Å². The molecule has 0 aliphatic carbocycles. The first-order chi connectivity index (χ1) is 4.66. The molecule has 4 heteroatoms. The zero-order chi connectivity index (χ0) is 7.98. The van der Waals surface area contributed by atoms with E-state index in [0.29, 0.717) is 6.54 Å². The molecule has 0 bridgehead atoms. The van der Waals surface area contributed by atoms with Gasteiger partial charge in [0.15, 0.2) is 0 Å². The molecule has 0 saturated heterocycles. The van der Waals surface area contributed by atoms with Crippen LogP contribution < -0.4 is 5.32 Å². The third kappa shape index (κ3) is 5.53. The van der Waals surface area contributed by atoms with E-state index in [2.05, 4.69) is 10.1 Å². The van der Waals surface area contributed by atoms with Crippen LogP contribution in [0.1, 0.15) is 6.92 Å². The summed E-state index contributed by atoms with van der Waals surface area (Å²) >= 11 is 0. The number of esters is 1. The van der Waals surface area contributed by atoms with Crippen LogP contribution in [0.2, 0.25) is 0 Å². The number of methoxy groups -OCH3 is 1.